The molecule has 0 spiro atoms. The van der Waals surface area contributed by atoms with Gasteiger partial charge in [-0.05, 0) is 27.4 Å². The molecule has 0 N–H and O–H groups in total. The number of thiocyanates is 1. The van der Waals surface area contributed by atoms with Gasteiger partial charge < -0.3 is 0 Å². The zero-order valence-electron chi connectivity index (χ0n) is 4.30. The van der Waals surface area contributed by atoms with Crippen molar-refractivity contribution < 1.29 is 0 Å². The van der Waals surface area contributed by atoms with Crippen LogP contribution in [0.15, 0.2) is 20.1 Å². The van der Waals surface area contributed by atoms with Crippen LogP contribution in [0.4, 0.5) is 0 Å². The molecule has 4 heteroatoms. The summed E-state index contributed by atoms with van der Waals surface area (Å²) < 4.78 is 2.04. The lowest BCUT2D eigenvalue weighted by atomic mass is 10.7. The number of nitrogens with zero attached hydrogens (tertiary/aromatic N) is 1. The summed E-state index contributed by atoms with van der Waals surface area (Å²) >= 11 is 6.06. The van der Waals surface area contributed by atoms with E-state index >= 15 is 0 Å². The quantitative estimate of drug-likeness (QED) is 0.536. The predicted octanol–water partition coefficient (Wildman–Crippen LogP) is 3.08. The molecule has 46 valence electrons. The molecule has 0 saturated heterocycles. The number of hydrogen-bond donors (Lipinski definition) is 0. The van der Waals surface area contributed by atoms with Crippen LogP contribution in [0.2, 0.25) is 0 Å². The van der Waals surface area contributed by atoms with E-state index in [0.717, 1.165) is 8.68 Å². The average Bonchev–Trinajstić information content (AvgIpc) is 2.18. The number of thiophene rings is 1. The van der Waals surface area contributed by atoms with Gasteiger partial charge in [-0.3, -0.25) is 0 Å². The standard InChI is InChI=1S/C5H2BrNS2/c6-4-1-2-8-5(4)9-3-7/h1-2H. The highest BCUT2D eigenvalue weighted by molar-refractivity contribution is 9.10. The van der Waals surface area contributed by atoms with E-state index in [4.69, 9.17) is 5.26 Å². The van der Waals surface area contributed by atoms with Crippen LogP contribution >= 0.6 is 39.0 Å². The Morgan fingerprint density at radius 1 is 1.78 bits per heavy atom. The van der Waals surface area contributed by atoms with Crippen molar-refractivity contribution in [2.45, 2.75) is 4.21 Å². The molecule has 9 heavy (non-hydrogen) atoms. The normalized spacial score (nSPS) is 8.89. The first-order valence-electron chi connectivity index (χ1n) is 2.13. The Kier molecular flexibility index (Phi) is 2.58. The van der Waals surface area contributed by atoms with Crippen LogP contribution in [0.25, 0.3) is 0 Å². The molecule has 0 fully saturated rings. The molecule has 0 aliphatic rings. The second-order valence-corrected chi connectivity index (χ2v) is 4.07. The Balaban J connectivity index is 2.84. The van der Waals surface area contributed by atoms with E-state index < -0.39 is 0 Å². The maximum Gasteiger partial charge on any atom is 0.139 e. The van der Waals surface area contributed by atoms with E-state index in [1.807, 2.05) is 16.8 Å². The highest BCUT2D eigenvalue weighted by Gasteiger charge is 1.98. The van der Waals surface area contributed by atoms with Gasteiger partial charge in [0.1, 0.15) is 5.40 Å². The van der Waals surface area contributed by atoms with Crippen LogP contribution in [0.5, 0.6) is 0 Å². The van der Waals surface area contributed by atoms with E-state index in [9.17, 15) is 0 Å². The Hall–Kier alpha value is 0.0200. The van der Waals surface area contributed by atoms with Gasteiger partial charge in [-0.25, -0.2) is 0 Å². The third kappa shape index (κ3) is 1.71. The number of hydrogen-bond acceptors (Lipinski definition) is 3. The first kappa shape index (κ1) is 7.13. The number of nitriles is 1. The van der Waals surface area contributed by atoms with E-state index in [1.165, 1.54) is 11.8 Å². The minimum atomic E-state index is 1.01. The van der Waals surface area contributed by atoms with Crippen molar-refractivity contribution in [3.63, 3.8) is 0 Å². The monoisotopic (exact) mass is 219 g/mol. The van der Waals surface area contributed by atoms with E-state index in [-0.39, 0.29) is 0 Å². The molecule has 0 saturated carbocycles. The van der Waals surface area contributed by atoms with Gasteiger partial charge in [0.05, 0.1) is 4.21 Å². The third-order valence-electron chi connectivity index (χ3n) is 0.723. The van der Waals surface area contributed by atoms with Crippen LogP contribution in [-0.2, 0) is 0 Å². The molecule has 1 nitrogen and oxygen atoms in total. The smallest absolute Gasteiger partial charge is 0.139 e. The van der Waals surface area contributed by atoms with Crippen LogP contribution in [0, 0.1) is 10.7 Å². The van der Waals surface area contributed by atoms with Gasteiger partial charge in [0.15, 0.2) is 0 Å². The molecular formula is C5H2BrNS2. The van der Waals surface area contributed by atoms with Crippen molar-refractivity contribution in [3.05, 3.63) is 15.9 Å². The second kappa shape index (κ2) is 3.25. The first-order valence-corrected chi connectivity index (χ1v) is 4.62. The largest absolute Gasteiger partial charge is 0.185 e. The van der Waals surface area contributed by atoms with Crippen molar-refractivity contribution in [1.82, 2.24) is 0 Å². The summed E-state index contributed by atoms with van der Waals surface area (Å²) in [7, 11) is 0. The van der Waals surface area contributed by atoms with E-state index in [0.29, 0.717) is 0 Å². The predicted molar refractivity (Wildman–Crippen MR) is 43.5 cm³/mol. The fourth-order valence-electron chi connectivity index (χ4n) is 0.394. The lowest BCUT2D eigenvalue weighted by molar-refractivity contribution is 1.56. The second-order valence-electron chi connectivity index (χ2n) is 1.25. The molecule has 1 heterocycles. The van der Waals surface area contributed by atoms with Gasteiger partial charge in [-0.15, -0.1) is 11.3 Å². The summed E-state index contributed by atoms with van der Waals surface area (Å²) in [5.41, 5.74) is 0. The summed E-state index contributed by atoms with van der Waals surface area (Å²) in [6.07, 6.45) is 0. The highest BCUT2D eigenvalue weighted by atomic mass is 79.9. The van der Waals surface area contributed by atoms with E-state index in [1.54, 1.807) is 11.3 Å². The summed E-state index contributed by atoms with van der Waals surface area (Å²) in [6, 6.07) is 1.93. The molecule has 1 aromatic rings. The third-order valence-corrected chi connectivity index (χ3v) is 3.65. The summed E-state index contributed by atoms with van der Waals surface area (Å²) in [5.74, 6) is 0. The highest BCUT2D eigenvalue weighted by Crippen LogP contribution is 2.31. The fraction of sp³-hybridized carbons (Fsp3) is 0. The minimum Gasteiger partial charge on any atom is -0.185 e. The van der Waals surface area contributed by atoms with Crippen molar-refractivity contribution in [2.75, 3.05) is 0 Å². The molecule has 0 radical (unpaired) electrons. The van der Waals surface area contributed by atoms with Gasteiger partial charge in [0.25, 0.3) is 0 Å². The van der Waals surface area contributed by atoms with Crippen LogP contribution in [-0.4, -0.2) is 0 Å². The molecule has 0 bridgehead atoms. The minimum absolute atomic E-state index is 1.01. The molecule has 0 aromatic carbocycles. The van der Waals surface area contributed by atoms with Crippen molar-refractivity contribution in [1.29, 1.82) is 5.26 Å². The van der Waals surface area contributed by atoms with Gasteiger partial charge in [-0.1, -0.05) is 0 Å². The molecule has 1 rings (SSSR count). The lowest BCUT2D eigenvalue weighted by Crippen LogP contribution is -1.54. The van der Waals surface area contributed by atoms with E-state index in [2.05, 4.69) is 15.9 Å². The molecule has 0 atom stereocenters. The molecule has 0 aliphatic heterocycles. The van der Waals surface area contributed by atoms with Gasteiger partial charge in [0.2, 0.25) is 0 Å². The Labute approximate surface area is 69.8 Å². The number of thioether (sulfide) groups is 1. The topological polar surface area (TPSA) is 23.8 Å². The fourth-order valence-corrected chi connectivity index (χ4v) is 2.45. The summed E-state index contributed by atoms with van der Waals surface area (Å²) in [5, 5.41) is 12.2. The van der Waals surface area contributed by atoms with Crippen molar-refractivity contribution in [3.8, 4) is 5.40 Å². The maximum absolute atomic E-state index is 8.26. The van der Waals surface area contributed by atoms with Crippen molar-refractivity contribution >= 4 is 39.0 Å². The van der Waals surface area contributed by atoms with Crippen LogP contribution in [0.1, 0.15) is 0 Å². The first-order chi connectivity index (χ1) is 4.34. The molecular weight excluding hydrogens is 218 g/mol. The number of rotatable bonds is 1. The summed E-state index contributed by atoms with van der Waals surface area (Å²) in [4.78, 5) is 0. The molecule has 1 aromatic heterocycles. The lowest BCUT2D eigenvalue weighted by Gasteiger charge is -1.82. The SMILES string of the molecule is N#CSc1sccc1Br. The Morgan fingerprint density at radius 3 is 3.00 bits per heavy atom. The van der Waals surface area contributed by atoms with Gasteiger partial charge in [0, 0.05) is 16.2 Å². The van der Waals surface area contributed by atoms with Gasteiger partial charge in [-0.2, -0.15) is 5.26 Å². The molecule has 0 unspecified atom stereocenters. The Bertz CT molecular complexity index is 237. The van der Waals surface area contributed by atoms with Crippen LogP contribution in [0.3, 0.4) is 0 Å². The maximum atomic E-state index is 8.26. The van der Waals surface area contributed by atoms with Crippen LogP contribution < -0.4 is 0 Å². The summed E-state index contributed by atoms with van der Waals surface area (Å²) in [6.45, 7) is 0. The zero-order chi connectivity index (χ0) is 6.69. The average molecular weight is 220 g/mol. The van der Waals surface area contributed by atoms with Crippen molar-refractivity contribution in [2.24, 2.45) is 0 Å². The molecule has 0 aliphatic carbocycles. The molecule has 0 amide bonds. The Morgan fingerprint density at radius 2 is 2.56 bits per heavy atom. The zero-order valence-corrected chi connectivity index (χ0v) is 7.52. The van der Waals surface area contributed by atoms with Gasteiger partial charge >= 0.3 is 0 Å². The number of halogens is 1.